The maximum Gasteiger partial charge on any atom is 0.295 e. The monoisotopic (exact) mass is 462 g/mol. The molecule has 1 saturated heterocycles. The molecule has 1 N–H and O–H groups in total. The molecule has 2 amide bonds. The van der Waals surface area contributed by atoms with E-state index in [0.29, 0.717) is 16.4 Å². The Morgan fingerprint density at radius 3 is 2.54 bits per heavy atom. The fraction of sp³-hybridized carbons (Fsp3) is 0.200. The van der Waals surface area contributed by atoms with E-state index in [1.165, 1.54) is 4.90 Å². The highest BCUT2D eigenvalue weighted by atomic mass is 79.9. The van der Waals surface area contributed by atoms with Crippen molar-refractivity contribution >= 4 is 50.6 Å². The van der Waals surface area contributed by atoms with Gasteiger partial charge in [-0.2, -0.15) is 0 Å². The van der Waals surface area contributed by atoms with E-state index < -0.39 is 0 Å². The number of aryl methyl sites for hydroxylation is 1. The number of imide groups is 1. The predicted molar refractivity (Wildman–Crippen MR) is 115 cm³/mol. The summed E-state index contributed by atoms with van der Waals surface area (Å²) in [6.45, 7) is 2.06. The second kappa shape index (κ2) is 8.70. The van der Waals surface area contributed by atoms with Crippen LogP contribution in [-0.4, -0.2) is 36.9 Å². The SMILES string of the molecule is COc1ccc(C=C2SC(=O)N(CNc3ccc(Br)cc3C)C2=O)cc1OC. The lowest BCUT2D eigenvalue weighted by Gasteiger charge is -2.16. The molecular weight excluding hydrogens is 444 g/mol. The molecule has 3 rings (SSSR count). The Hall–Kier alpha value is -2.45. The van der Waals surface area contributed by atoms with E-state index in [2.05, 4.69) is 21.2 Å². The highest BCUT2D eigenvalue weighted by Crippen LogP contribution is 2.34. The minimum atomic E-state index is -0.327. The van der Waals surface area contributed by atoms with Crippen LogP contribution < -0.4 is 14.8 Å². The Morgan fingerprint density at radius 1 is 1.11 bits per heavy atom. The van der Waals surface area contributed by atoms with Crippen LogP contribution in [0, 0.1) is 6.92 Å². The number of nitrogens with one attached hydrogen (secondary N) is 1. The van der Waals surface area contributed by atoms with Crippen molar-refractivity contribution in [3.63, 3.8) is 0 Å². The number of halogens is 1. The molecule has 0 atom stereocenters. The number of methoxy groups -OCH3 is 2. The molecule has 1 aliphatic heterocycles. The van der Waals surface area contributed by atoms with Crippen LogP contribution in [0.25, 0.3) is 6.08 Å². The summed E-state index contributed by atoms with van der Waals surface area (Å²) in [4.78, 5) is 26.5. The summed E-state index contributed by atoms with van der Waals surface area (Å²) in [6, 6.07) is 11.1. The Morgan fingerprint density at radius 2 is 1.86 bits per heavy atom. The molecule has 1 aliphatic rings. The molecule has 6 nitrogen and oxygen atoms in total. The number of amides is 2. The summed E-state index contributed by atoms with van der Waals surface area (Å²) < 4.78 is 11.5. The van der Waals surface area contributed by atoms with Crippen LogP contribution in [0.2, 0.25) is 0 Å². The fourth-order valence-corrected chi connectivity index (χ4v) is 4.03. The van der Waals surface area contributed by atoms with Crippen molar-refractivity contribution in [1.82, 2.24) is 4.90 Å². The number of hydrogen-bond acceptors (Lipinski definition) is 6. The molecule has 0 radical (unpaired) electrons. The number of carbonyl (C=O) groups is 2. The van der Waals surface area contributed by atoms with E-state index in [-0.39, 0.29) is 17.8 Å². The van der Waals surface area contributed by atoms with Gasteiger partial charge in [0.05, 0.1) is 25.8 Å². The van der Waals surface area contributed by atoms with E-state index in [0.717, 1.165) is 33.0 Å². The molecule has 0 aliphatic carbocycles. The minimum absolute atomic E-state index is 0.108. The van der Waals surface area contributed by atoms with Crippen molar-refractivity contribution in [1.29, 1.82) is 0 Å². The van der Waals surface area contributed by atoms with Crippen LogP contribution in [0.3, 0.4) is 0 Å². The number of anilines is 1. The van der Waals surface area contributed by atoms with Crippen LogP contribution >= 0.6 is 27.7 Å². The zero-order valence-corrected chi connectivity index (χ0v) is 18.0. The zero-order chi connectivity index (χ0) is 20.3. The lowest BCUT2D eigenvalue weighted by molar-refractivity contribution is -0.122. The first-order valence-corrected chi connectivity index (χ1v) is 10.0. The van der Waals surface area contributed by atoms with Gasteiger partial charge in [-0.3, -0.25) is 14.5 Å². The van der Waals surface area contributed by atoms with Gasteiger partial charge >= 0.3 is 0 Å². The van der Waals surface area contributed by atoms with E-state index in [9.17, 15) is 9.59 Å². The maximum atomic E-state index is 12.7. The van der Waals surface area contributed by atoms with E-state index in [4.69, 9.17) is 9.47 Å². The van der Waals surface area contributed by atoms with Crippen molar-refractivity contribution in [3.05, 3.63) is 56.9 Å². The van der Waals surface area contributed by atoms with Crippen molar-refractivity contribution in [2.75, 3.05) is 26.2 Å². The summed E-state index contributed by atoms with van der Waals surface area (Å²) in [7, 11) is 3.11. The lowest BCUT2D eigenvalue weighted by Crippen LogP contribution is -2.33. The van der Waals surface area contributed by atoms with Crippen LogP contribution in [0.5, 0.6) is 11.5 Å². The first-order chi connectivity index (χ1) is 13.4. The Bertz CT molecular complexity index is 961. The number of benzene rings is 2. The second-order valence-electron chi connectivity index (χ2n) is 6.02. The Kier molecular flexibility index (Phi) is 6.31. The van der Waals surface area contributed by atoms with Gasteiger partial charge in [0.15, 0.2) is 11.5 Å². The molecule has 28 heavy (non-hydrogen) atoms. The van der Waals surface area contributed by atoms with E-state index in [1.807, 2.05) is 25.1 Å². The molecule has 0 bridgehead atoms. The summed E-state index contributed by atoms with van der Waals surface area (Å²) in [6.07, 6.45) is 1.68. The molecule has 2 aromatic rings. The first kappa shape index (κ1) is 20.3. The molecular formula is C20H19BrN2O4S. The third-order valence-corrected chi connectivity index (χ3v) is 5.60. The van der Waals surface area contributed by atoms with Crippen molar-refractivity contribution in [3.8, 4) is 11.5 Å². The number of carbonyl (C=O) groups excluding carboxylic acids is 2. The van der Waals surface area contributed by atoms with Gasteiger partial charge in [0.2, 0.25) is 0 Å². The number of rotatable bonds is 6. The van der Waals surface area contributed by atoms with Crippen molar-refractivity contribution in [2.45, 2.75) is 6.92 Å². The molecule has 1 heterocycles. The minimum Gasteiger partial charge on any atom is -0.493 e. The Balaban J connectivity index is 1.75. The molecule has 146 valence electrons. The standard InChI is InChI=1S/C20H19BrN2O4S/c1-12-8-14(21)5-6-15(12)22-11-23-19(24)18(28-20(23)25)10-13-4-7-16(26-2)17(9-13)27-3/h4-10,22H,11H2,1-3H3. The first-order valence-electron chi connectivity index (χ1n) is 8.40. The van der Waals surface area contributed by atoms with Gasteiger partial charge in [-0.1, -0.05) is 22.0 Å². The molecule has 0 aromatic heterocycles. The third kappa shape index (κ3) is 4.34. The summed E-state index contributed by atoms with van der Waals surface area (Å²) in [5.74, 6) is 0.830. The fourth-order valence-electron chi connectivity index (χ4n) is 2.72. The molecule has 2 aromatic carbocycles. The normalized spacial score (nSPS) is 15.3. The number of nitrogens with zero attached hydrogens (tertiary/aromatic N) is 1. The quantitative estimate of drug-likeness (QED) is 0.616. The molecule has 0 saturated carbocycles. The predicted octanol–water partition coefficient (Wildman–Crippen LogP) is 4.88. The maximum absolute atomic E-state index is 12.7. The Labute approximate surface area is 176 Å². The number of hydrogen-bond donors (Lipinski definition) is 1. The van der Waals surface area contributed by atoms with Crippen LogP contribution in [-0.2, 0) is 4.79 Å². The largest absolute Gasteiger partial charge is 0.493 e. The summed E-state index contributed by atoms with van der Waals surface area (Å²) >= 11 is 4.34. The van der Waals surface area contributed by atoms with E-state index >= 15 is 0 Å². The van der Waals surface area contributed by atoms with E-state index in [1.54, 1.807) is 38.5 Å². The molecule has 8 heteroatoms. The number of thioether (sulfide) groups is 1. The highest BCUT2D eigenvalue weighted by molar-refractivity contribution is 9.10. The summed E-state index contributed by atoms with van der Waals surface area (Å²) in [5.41, 5.74) is 2.63. The molecule has 0 spiro atoms. The average Bonchev–Trinajstić information content (AvgIpc) is 2.94. The van der Waals surface area contributed by atoms with Crippen molar-refractivity contribution < 1.29 is 19.1 Å². The van der Waals surface area contributed by atoms with Crippen LogP contribution in [0.4, 0.5) is 10.5 Å². The third-order valence-electron chi connectivity index (χ3n) is 4.20. The molecule has 1 fully saturated rings. The smallest absolute Gasteiger partial charge is 0.295 e. The van der Waals surface area contributed by atoms with Gasteiger partial charge in [0, 0.05) is 10.2 Å². The number of ether oxygens (including phenoxy) is 2. The summed E-state index contributed by atoms with van der Waals surface area (Å²) in [5, 5.41) is 2.84. The van der Waals surface area contributed by atoms with Gasteiger partial charge in [0.1, 0.15) is 0 Å². The van der Waals surface area contributed by atoms with Crippen LogP contribution in [0.1, 0.15) is 11.1 Å². The lowest BCUT2D eigenvalue weighted by atomic mass is 10.2. The average molecular weight is 463 g/mol. The van der Waals surface area contributed by atoms with Gasteiger partial charge in [0.25, 0.3) is 11.1 Å². The van der Waals surface area contributed by atoms with Gasteiger partial charge in [-0.25, -0.2) is 0 Å². The van der Waals surface area contributed by atoms with Crippen molar-refractivity contribution in [2.24, 2.45) is 0 Å². The van der Waals surface area contributed by atoms with Crippen LogP contribution in [0.15, 0.2) is 45.8 Å². The topological polar surface area (TPSA) is 67.9 Å². The molecule has 0 unspecified atom stereocenters. The van der Waals surface area contributed by atoms with Gasteiger partial charge in [-0.15, -0.1) is 0 Å². The highest BCUT2D eigenvalue weighted by Gasteiger charge is 2.34. The second-order valence-corrected chi connectivity index (χ2v) is 7.93. The van der Waals surface area contributed by atoms with Gasteiger partial charge < -0.3 is 14.8 Å². The zero-order valence-electron chi connectivity index (χ0n) is 15.6. The van der Waals surface area contributed by atoms with Gasteiger partial charge in [-0.05, 0) is 66.2 Å².